The Hall–Kier alpha value is -1.94. The fraction of sp³-hybridized carbons (Fsp3) is 0.429. The minimum atomic E-state index is -4.76. The van der Waals surface area contributed by atoms with Crippen LogP contribution in [0.4, 0.5) is 13.2 Å². The number of hydrogen-bond acceptors (Lipinski definition) is 4. The monoisotopic (exact) mass is 362 g/mol. The van der Waals surface area contributed by atoms with Crippen LogP contribution >= 0.6 is 0 Å². The van der Waals surface area contributed by atoms with E-state index in [1.165, 1.54) is 16.9 Å². The van der Waals surface area contributed by atoms with Crippen molar-refractivity contribution in [2.24, 2.45) is 5.92 Å². The van der Waals surface area contributed by atoms with Crippen molar-refractivity contribution < 1.29 is 21.6 Å². The molecule has 1 heterocycles. The number of aromatic nitrogens is 3. The molecule has 132 valence electrons. The Labute approximate surface area is 137 Å². The number of rotatable bonds is 6. The molecule has 24 heavy (non-hydrogen) atoms. The van der Waals surface area contributed by atoms with Gasteiger partial charge < -0.3 is 0 Å². The molecular formula is C14H17F3N4O2S. The van der Waals surface area contributed by atoms with Crippen LogP contribution in [0.5, 0.6) is 0 Å². The van der Waals surface area contributed by atoms with Gasteiger partial charge in [0.15, 0.2) is 0 Å². The van der Waals surface area contributed by atoms with Crippen molar-refractivity contribution >= 4 is 10.0 Å². The number of benzene rings is 1. The lowest BCUT2D eigenvalue weighted by Gasteiger charge is -2.23. The van der Waals surface area contributed by atoms with Crippen LogP contribution in [0.2, 0.25) is 0 Å². The zero-order valence-corrected chi connectivity index (χ0v) is 13.8. The van der Waals surface area contributed by atoms with E-state index in [0.717, 1.165) is 18.2 Å². The van der Waals surface area contributed by atoms with E-state index < -0.39 is 32.7 Å². The quantitative estimate of drug-likeness (QED) is 0.855. The molecule has 0 spiro atoms. The molecule has 6 nitrogen and oxygen atoms in total. The van der Waals surface area contributed by atoms with Crippen molar-refractivity contribution in [3.05, 3.63) is 42.2 Å². The number of halogens is 3. The minimum absolute atomic E-state index is 0.158. The van der Waals surface area contributed by atoms with Crippen LogP contribution in [0.3, 0.4) is 0 Å². The molecule has 10 heteroatoms. The lowest BCUT2D eigenvalue weighted by Crippen LogP contribution is -2.42. The molecule has 0 saturated carbocycles. The van der Waals surface area contributed by atoms with Gasteiger partial charge in [-0.15, -0.1) is 5.10 Å². The van der Waals surface area contributed by atoms with Crippen LogP contribution in [0.15, 0.2) is 41.6 Å². The zero-order chi connectivity index (χ0) is 18.0. The Morgan fingerprint density at radius 2 is 1.92 bits per heavy atom. The highest BCUT2D eigenvalue weighted by Gasteiger charge is 2.37. The summed E-state index contributed by atoms with van der Waals surface area (Å²) in [5.41, 5.74) is -1.19. The number of hydrogen-bond donors (Lipinski definition) is 1. The molecule has 1 unspecified atom stereocenters. The van der Waals surface area contributed by atoms with Gasteiger partial charge in [-0.1, -0.05) is 31.2 Å². The summed E-state index contributed by atoms with van der Waals surface area (Å²) in [5, 5.41) is 7.37. The fourth-order valence-corrected chi connectivity index (χ4v) is 3.72. The summed E-state index contributed by atoms with van der Waals surface area (Å²) in [6.07, 6.45) is -1.78. The van der Waals surface area contributed by atoms with E-state index in [1.807, 2.05) is 0 Å². The van der Waals surface area contributed by atoms with E-state index in [4.69, 9.17) is 0 Å². The van der Waals surface area contributed by atoms with Crippen LogP contribution in [0.1, 0.15) is 19.4 Å². The lowest BCUT2D eigenvalue weighted by atomic mass is 10.1. The molecule has 0 aliphatic rings. The second-order valence-corrected chi connectivity index (χ2v) is 7.27. The van der Waals surface area contributed by atoms with Crippen molar-refractivity contribution in [2.45, 2.75) is 37.5 Å². The van der Waals surface area contributed by atoms with Crippen molar-refractivity contribution in [3.63, 3.8) is 0 Å². The smallest absolute Gasteiger partial charge is 0.251 e. The average molecular weight is 362 g/mol. The van der Waals surface area contributed by atoms with Gasteiger partial charge in [-0.05, 0) is 18.1 Å². The van der Waals surface area contributed by atoms with Crippen LogP contribution in [-0.2, 0) is 22.7 Å². The molecule has 1 N–H and O–H groups in total. The third-order valence-electron chi connectivity index (χ3n) is 3.45. The summed E-state index contributed by atoms with van der Waals surface area (Å²) in [5.74, 6) is -0.165. The van der Waals surface area contributed by atoms with Gasteiger partial charge in [-0.2, -0.15) is 13.2 Å². The van der Waals surface area contributed by atoms with Crippen LogP contribution in [0, 0.1) is 5.92 Å². The summed E-state index contributed by atoms with van der Waals surface area (Å²) in [6, 6.07) is 3.45. The van der Waals surface area contributed by atoms with Crippen molar-refractivity contribution in [1.29, 1.82) is 0 Å². The summed E-state index contributed by atoms with van der Waals surface area (Å²) < 4.78 is 67.9. The number of nitrogens with one attached hydrogen (secondary N) is 1. The Morgan fingerprint density at radius 3 is 2.46 bits per heavy atom. The molecule has 0 amide bonds. The maximum absolute atomic E-state index is 13.1. The number of alkyl halides is 3. The highest BCUT2D eigenvalue weighted by atomic mass is 32.2. The van der Waals surface area contributed by atoms with Crippen LogP contribution < -0.4 is 4.72 Å². The molecule has 0 saturated heterocycles. The van der Waals surface area contributed by atoms with E-state index in [-0.39, 0.29) is 12.5 Å². The first kappa shape index (κ1) is 18.4. The molecule has 0 aliphatic carbocycles. The van der Waals surface area contributed by atoms with E-state index in [2.05, 4.69) is 15.0 Å². The molecule has 0 fully saturated rings. The third kappa shape index (κ3) is 4.32. The van der Waals surface area contributed by atoms with E-state index in [9.17, 15) is 21.6 Å². The van der Waals surface area contributed by atoms with E-state index in [1.54, 1.807) is 20.0 Å². The maximum atomic E-state index is 13.1. The molecular weight excluding hydrogens is 345 g/mol. The van der Waals surface area contributed by atoms with Gasteiger partial charge in [0, 0.05) is 12.2 Å². The summed E-state index contributed by atoms with van der Waals surface area (Å²) in [4.78, 5) is -0.790. The van der Waals surface area contributed by atoms with Crippen LogP contribution in [0.25, 0.3) is 0 Å². The highest BCUT2D eigenvalue weighted by molar-refractivity contribution is 7.89. The van der Waals surface area contributed by atoms with Gasteiger partial charge in [-0.3, -0.25) is 4.68 Å². The first-order chi connectivity index (χ1) is 11.1. The number of nitrogens with zero attached hydrogens (tertiary/aromatic N) is 3. The Bertz CT molecular complexity index is 774. The molecule has 0 bridgehead atoms. The first-order valence-corrected chi connectivity index (χ1v) is 8.62. The SMILES string of the molecule is CC(C)C(Cn1ccnn1)NS(=O)(=O)c1ccccc1C(F)(F)F. The average Bonchev–Trinajstić information content (AvgIpc) is 2.98. The predicted molar refractivity (Wildman–Crippen MR) is 80.4 cm³/mol. The topological polar surface area (TPSA) is 76.9 Å². The van der Waals surface area contributed by atoms with Gasteiger partial charge in [0.1, 0.15) is 0 Å². The van der Waals surface area contributed by atoms with Crippen LogP contribution in [-0.4, -0.2) is 29.5 Å². The van der Waals surface area contributed by atoms with Crippen molar-refractivity contribution in [1.82, 2.24) is 19.7 Å². The van der Waals surface area contributed by atoms with Gasteiger partial charge in [-0.25, -0.2) is 13.1 Å². The largest absolute Gasteiger partial charge is 0.417 e. The van der Waals surface area contributed by atoms with Gasteiger partial charge in [0.2, 0.25) is 10.0 Å². The zero-order valence-electron chi connectivity index (χ0n) is 13.0. The fourth-order valence-electron chi connectivity index (χ4n) is 2.11. The Kier molecular flexibility index (Phi) is 5.29. The third-order valence-corrected chi connectivity index (χ3v) is 5.00. The maximum Gasteiger partial charge on any atom is 0.417 e. The minimum Gasteiger partial charge on any atom is -0.251 e. The molecule has 1 aromatic heterocycles. The first-order valence-electron chi connectivity index (χ1n) is 7.14. The van der Waals surface area contributed by atoms with E-state index in [0.29, 0.717) is 0 Å². The Morgan fingerprint density at radius 1 is 1.25 bits per heavy atom. The Balaban J connectivity index is 2.33. The molecule has 1 aromatic carbocycles. The predicted octanol–water partition coefficient (Wildman–Crippen LogP) is 2.30. The second kappa shape index (κ2) is 6.89. The summed E-state index contributed by atoms with van der Waals surface area (Å²) in [7, 11) is -4.35. The van der Waals surface area contributed by atoms with Gasteiger partial charge in [0.05, 0.1) is 23.2 Å². The summed E-state index contributed by atoms with van der Waals surface area (Å²) in [6.45, 7) is 3.69. The molecule has 2 rings (SSSR count). The standard InChI is InChI=1S/C14H17F3N4O2S/c1-10(2)12(9-21-8-7-18-20-21)19-24(22,23)13-6-4-3-5-11(13)14(15,16)17/h3-8,10,12,19H,9H2,1-2H3. The second-order valence-electron chi connectivity index (χ2n) is 5.59. The summed E-state index contributed by atoms with van der Waals surface area (Å²) >= 11 is 0. The molecule has 1 atom stereocenters. The van der Waals surface area contributed by atoms with Crippen molar-refractivity contribution in [2.75, 3.05) is 0 Å². The number of sulfonamides is 1. The molecule has 0 aliphatic heterocycles. The molecule has 0 radical (unpaired) electrons. The van der Waals surface area contributed by atoms with Gasteiger partial charge in [0.25, 0.3) is 0 Å². The van der Waals surface area contributed by atoms with E-state index >= 15 is 0 Å². The van der Waals surface area contributed by atoms with Crippen molar-refractivity contribution in [3.8, 4) is 0 Å². The molecule has 2 aromatic rings. The van der Waals surface area contributed by atoms with Gasteiger partial charge >= 0.3 is 6.18 Å². The normalized spacial score (nSPS) is 14.1. The lowest BCUT2D eigenvalue weighted by molar-refractivity contribution is -0.139. The highest BCUT2D eigenvalue weighted by Crippen LogP contribution is 2.34.